The molecule has 0 aliphatic carbocycles. The van der Waals surface area contributed by atoms with Crippen LogP contribution in [0, 0.1) is 0 Å². The molecule has 0 saturated heterocycles. The summed E-state index contributed by atoms with van der Waals surface area (Å²) >= 11 is 0. The predicted octanol–water partition coefficient (Wildman–Crippen LogP) is 2.81. The first kappa shape index (κ1) is 12.0. The van der Waals surface area contributed by atoms with Gasteiger partial charge in [0.05, 0.1) is 5.52 Å². The molecule has 0 aliphatic rings. The Morgan fingerprint density at radius 2 is 1.68 bits per heavy atom. The number of fused-ring (bicyclic) bond motifs is 6. The molecule has 98 valence electrons. The molecule has 0 bridgehead atoms. The molecule has 0 spiro atoms. The van der Waals surface area contributed by atoms with E-state index in [9.17, 15) is 0 Å². The summed E-state index contributed by atoms with van der Waals surface area (Å²) < 4.78 is 5.52. The SMILES string of the molecule is [B]c1oc2cc3[nH]c4ccc5ccccc5c4c3cc2c1[B]. The van der Waals surface area contributed by atoms with Crippen LogP contribution in [-0.2, 0) is 0 Å². The van der Waals surface area contributed by atoms with Gasteiger partial charge in [0, 0.05) is 33.4 Å². The Morgan fingerprint density at radius 3 is 2.59 bits per heavy atom. The summed E-state index contributed by atoms with van der Waals surface area (Å²) in [5.41, 5.74) is 3.61. The fourth-order valence-electron chi connectivity index (χ4n) is 3.30. The highest BCUT2D eigenvalue weighted by molar-refractivity contribution is 6.52. The lowest BCUT2D eigenvalue weighted by Gasteiger charge is -2.00. The van der Waals surface area contributed by atoms with E-state index in [0.29, 0.717) is 11.0 Å². The lowest BCUT2D eigenvalue weighted by Crippen LogP contribution is -2.20. The molecule has 5 rings (SSSR count). The standard InChI is InChI=1S/C18H9B2NO/c19-17-12-7-11-14(8-15(12)22-18(17)20)21-13-6-5-9-3-1-2-4-10(9)16(11)13/h1-8,21H. The van der Waals surface area contributed by atoms with Gasteiger partial charge in [-0.25, -0.2) is 0 Å². The Labute approximate surface area is 128 Å². The van der Waals surface area contributed by atoms with Crippen molar-refractivity contribution in [3.05, 3.63) is 48.5 Å². The molecule has 0 aliphatic heterocycles. The maximum Gasteiger partial charge on any atom is 0.166 e. The number of furan rings is 1. The summed E-state index contributed by atoms with van der Waals surface area (Å²) in [6.45, 7) is 0. The van der Waals surface area contributed by atoms with Gasteiger partial charge in [-0.3, -0.25) is 0 Å². The zero-order valence-corrected chi connectivity index (χ0v) is 11.7. The Hall–Kier alpha value is -2.61. The number of aromatic nitrogens is 1. The van der Waals surface area contributed by atoms with E-state index in [1.807, 2.05) is 6.07 Å². The van der Waals surface area contributed by atoms with Crippen molar-refractivity contribution in [3.8, 4) is 0 Å². The van der Waals surface area contributed by atoms with E-state index in [-0.39, 0.29) is 5.66 Å². The van der Waals surface area contributed by atoms with Crippen LogP contribution in [0.2, 0.25) is 0 Å². The van der Waals surface area contributed by atoms with Gasteiger partial charge >= 0.3 is 0 Å². The Balaban J connectivity index is 2.07. The largest absolute Gasteiger partial charge is 0.473 e. The van der Waals surface area contributed by atoms with Crippen molar-refractivity contribution in [3.63, 3.8) is 0 Å². The third-order valence-electron chi connectivity index (χ3n) is 4.36. The molecule has 4 radical (unpaired) electrons. The molecule has 22 heavy (non-hydrogen) atoms. The fraction of sp³-hybridized carbons (Fsp3) is 0. The number of benzene rings is 3. The minimum atomic E-state index is 0.275. The lowest BCUT2D eigenvalue weighted by molar-refractivity contribution is 0.655. The number of aromatic amines is 1. The third-order valence-corrected chi connectivity index (χ3v) is 4.36. The summed E-state index contributed by atoms with van der Waals surface area (Å²) in [5.74, 6) is 0. The maximum atomic E-state index is 6.03. The second kappa shape index (κ2) is 3.98. The van der Waals surface area contributed by atoms with Gasteiger partial charge in [-0.15, -0.1) is 0 Å². The first-order valence-electron chi connectivity index (χ1n) is 7.13. The lowest BCUT2D eigenvalue weighted by atomic mass is 9.85. The van der Waals surface area contributed by atoms with Crippen LogP contribution in [0.1, 0.15) is 0 Å². The molecule has 0 atom stereocenters. The number of hydrogen-bond acceptors (Lipinski definition) is 1. The van der Waals surface area contributed by atoms with Crippen LogP contribution in [0.4, 0.5) is 0 Å². The zero-order chi connectivity index (χ0) is 14.8. The highest BCUT2D eigenvalue weighted by atomic mass is 16.3. The second-order valence-corrected chi connectivity index (χ2v) is 5.61. The molecule has 5 aromatic rings. The summed E-state index contributed by atoms with van der Waals surface area (Å²) in [6, 6.07) is 16.6. The van der Waals surface area contributed by atoms with Gasteiger partial charge in [-0.05, 0) is 22.9 Å². The van der Waals surface area contributed by atoms with E-state index in [1.54, 1.807) is 0 Å². The first-order chi connectivity index (χ1) is 10.7. The topological polar surface area (TPSA) is 28.9 Å². The third kappa shape index (κ3) is 1.42. The van der Waals surface area contributed by atoms with Gasteiger partial charge in [0.15, 0.2) is 7.85 Å². The number of H-pyrrole nitrogens is 1. The molecule has 4 heteroatoms. The molecule has 2 heterocycles. The molecule has 2 aromatic heterocycles. The first-order valence-corrected chi connectivity index (χ1v) is 7.13. The summed E-state index contributed by atoms with van der Waals surface area (Å²) in [4.78, 5) is 3.45. The number of nitrogens with one attached hydrogen (secondary N) is 1. The molecule has 0 amide bonds. The van der Waals surface area contributed by atoms with E-state index in [4.69, 9.17) is 20.1 Å². The highest BCUT2D eigenvalue weighted by Gasteiger charge is 2.12. The van der Waals surface area contributed by atoms with Gasteiger partial charge in [-0.2, -0.15) is 0 Å². The quantitative estimate of drug-likeness (QED) is 0.433. The van der Waals surface area contributed by atoms with E-state index < -0.39 is 0 Å². The van der Waals surface area contributed by atoms with E-state index in [0.717, 1.165) is 21.8 Å². The molecule has 3 aromatic carbocycles. The molecular weight excluding hydrogens is 268 g/mol. The van der Waals surface area contributed by atoms with Gasteiger partial charge in [0.1, 0.15) is 13.4 Å². The maximum absolute atomic E-state index is 6.03. The van der Waals surface area contributed by atoms with Crippen molar-refractivity contribution in [1.29, 1.82) is 0 Å². The second-order valence-electron chi connectivity index (χ2n) is 5.61. The average Bonchev–Trinajstić information content (AvgIpc) is 3.03. The number of rotatable bonds is 0. The molecule has 0 unspecified atom stereocenters. The van der Waals surface area contributed by atoms with E-state index in [2.05, 4.69) is 47.4 Å². The molecule has 0 saturated carbocycles. The van der Waals surface area contributed by atoms with Gasteiger partial charge in [0.25, 0.3) is 0 Å². The van der Waals surface area contributed by atoms with Crippen LogP contribution in [0.5, 0.6) is 0 Å². The minimum absolute atomic E-state index is 0.275. The van der Waals surface area contributed by atoms with Gasteiger partial charge in [0.2, 0.25) is 0 Å². The molecule has 2 nitrogen and oxygen atoms in total. The zero-order valence-electron chi connectivity index (χ0n) is 11.7. The summed E-state index contributed by atoms with van der Waals surface area (Å²) in [6.07, 6.45) is 0. The van der Waals surface area contributed by atoms with Crippen molar-refractivity contribution >= 4 is 70.4 Å². The monoisotopic (exact) mass is 277 g/mol. The molecule has 0 fully saturated rings. The van der Waals surface area contributed by atoms with Crippen LogP contribution in [-0.4, -0.2) is 20.7 Å². The summed E-state index contributed by atoms with van der Waals surface area (Å²) in [5, 5.41) is 5.64. The van der Waals surface area contributed by atoms with Crippen molar-refractivity contribution in [1.82, 2.24) is 4.98 Å². The van der Waals surface area contributed by atoms with Crippen molar-refractivity contribution in [2.24, 2.45) is 0 Å². The predicted molar refractivity (Wildman–Crippen MR) is 93.9 cm³/mol. The van der Waals surface area contributed by atoms with Crippen molar-refractivity contribution in [2.45, 2.75) is 0 Å². The number of hydrogen-bond donors (Lipinski definition) is 1. The molecule has 1 N–H and O–H groups in total. The van der Waals surface area contributed by atoms with Crippen LogP contribution in [0.15, 0.2) is 52.9 Å². The average molecular weight is 277 g/mol. The summed E-state index contributed by atoms with van der Waals surface area (Å²) in [7, 11) is 11.8. The minimum Gasteiger partial charge on any atom is -0.473 e. The van der Waals surface area contributed by atoms with E-state index in [1.165, 1.54) is 16.2 Å². The van der Waals surface area contributed by atoms with E-state index >= 15 is 0 Å². The highest BCUT2D eigenvalue weighted by Crippen LogP contribution is 2.33. The Bertz CT molecular complexity index is 1200. The fourth-order valence-corrected chi connectivity index (χ4v) is 3.30. The van der Waals surface area contributed by atoms with Crippen molar-refractivity contribution in [2.75, 3.05) is 0 Å². The van der Waals surface area contributed by atoms with Gasteiger partial charge in [-0.1, -0.05) is 35.8 Å². The smallest absolute Gasteiger partial charge is 0.166 e. The molecular formula is C18H9B2NO. The van der Waals surface area contributed by atoms with Crippen LogP contribution >= 0.6 is 0 Å². The van der Waals surface area contributed by atoms with Crippen molar-refractivity contribution < 1.29 is 4.42 Å². The normalized spacial score (nSPS) is 12.0. The van der Waals surface area contributed by atoms with Crippen LogP contribution < -0.4 is 11.1 Å². The Morgan fingerprint density at radius 1 is 0.818 bits per heavy atom. The van der Waals surface area contributed by atoms with Crippen LogP contribution in [0.3, 0.4) is 0 Å². The van der Waals surface area contributed by atoms with Gasteiger partial charge < -0.3 is 9.40 Å². The Kier molecular flexibility index (Phi) is 2.17. The van der Waals surface area contributed by atoms with Crippen LogP contribution in [0.25, 0.3) is 43.5 Å².